The van der Waals surface area contributed by atoms with Crippen LogP contribution in [0.3, 0.4) is 0 Å². The monoisotopic (exact) mass is 677 g/mol. The van der Waals surface area contributed by atoms with Crippen molar-refractivity contribution in [3.05, 3.63) is 155 Å². The van der Waals surface area contributed by atoms with Gasteiger partial charge in [-0.05, 0) is 108 Å². The Morgan fingerprint density at radius 3 is 2.04 bits per heavy atom. The normalized spacial score (nSPS) is 11.8. The van der Waals surface area contributed by atoms with E-state index in [0.717, 1.165) is 72.1 Å². The number of rotatable bonds is 5. The average Bonchev–Trinajstić information content (AvgIpc) is 3.50. The summed E-state index contributed by atoms with van der Waals surface area (Å²) in [5.74, 6) is 0.893. The molecule has 0 aliphatic rings. The van der Waals surface area contributed by atoms with Gasteiger partial charge in [-0.25, -0.2) is 4.98 Å². The van der Waals surface area contributed by atoms with E-state index in [1.807, 2.05) is 18.3 Å². The summed E-state index contributed by atoms with van der Waals surface area (Å²) in [4.78, 5) is 10.2. The average molecular weight is 678 g/mol. The van der Waals surface area contributed by atoms with E-state index in [0.29, 0.717) is 11.4 Å². The van der Waals surface area contributed by atoms with Crippen LogP contribution in [0.5, 0.6) is 5.75 Å². The summed E-state index contributed by atoms with van der Waals surface area (Å²) >= 11 is 0. The van der Waals surface area contributed by atoms with Gasteiger partial charge in [0, 0.05) is 22.7 Å². The largest absolute Gasteiger partial charge is 0.507 e. The van der Waals surface area contributed by atoms with Gasteiger partial charge in [-0.15, -0.1) is 0 Å². The summed E-state index contributed by atoms with van der Waals surface area (Å²) in [5, 5.41) is 12.7. The van der Waals surface area contributed by atoms with Crippen LogP contribution in [0.2, 0.25) is 0 Å². The third kappa shape index (κ3) is 5.75. The molecule has 0 saturated carbocycles. The number of phenolic OH excluding ortho intramolecular Hbond substituents is 1. The minimum atomic E-state index is 0.0646. The number of fused-ring (bicyclic) bond motifs is 2. The van der Waals surface area contributed by atoms with E-state index in [4.69, 9.17) is 9.97 Å². The molecular formula is C48H43N3O. The molecule has 4 nitrogen and oxygen atoms in total. The second-order valence-corrected chi connectivity index (χ2v) is 15.2. The van der Waals surface area contributed by atoms with E-state index in [9.17, 15) is 5.11 Å². The van der Waals surface area contributed by atoms with Gasteiger partial charge in [0.25, 0.3) is 0 Å². The van der Waals surface area contributed by atoms with Crippen LogP contribution >= 0.6 is 0 Å². The molecule has 0 amide bonds. The van der Waals surface area contributed by atoms with Crippen LogP contribution < -0.4 is 0 Å². The predicted molar refractivity (Wildman–Crippen MR) is 217 cm³/mol. The summed E-state index contributed by atoms with van der Waals surface area (Å²) < 4.78 is 2.24. The van der Waals surface area contributed by atoms with Gasteiger partial charge in [-0.3, -0.25) is 9.55 Å². The van der Waals surface area contributed by atoms with Crippen LogP contribution in [0.25, 0.3) is 72.4 Å². The number of nitrogens with zero attached hydrogens (tertiary/aromatic N) is 3. The lowest BCUT2D eigenvalue weighted by Gasteiger charge is -2.19. The fourth-order valence-electron chi connectivity index (χ4n) is 7.77. The highest BCUT2D eigenvalue weighted by atomic mass is 16.3. The van der Waals surface area contributed by atoms with Gasteiger partial charge in [0.2, 0.25) is 0 Å². The molecule has 8 aromatic rings. The summed E-state index contributed by atoms with van der Waals surface area (Å²) in [6.45, 7) is 15.3. The number of hydrogen-bond donors (Lipinski definition) is 1. The molecule has 4 heteroatoms. The van der Waals surface area contributed by atoms with Crippen LogP contribution in [0.4, 0.5) is 0 Å². The third-order valence-electron chi connectivity index (χ3n) is 10.3. The Balaban J connectivity index is 1.36. The highest BCUT2D eigenvalue weighted by Gasteiger charge is 2.23. The van der Waals surface area contributed by atoms with Crippen LogP contribution in [-0.4, -0.2) is 19.6 Å². The second kappa shape index (κ2) is 12.6. The van der Waals surface area contributed by atoms with Crippen molar-refractivity contribution in [3.8, 4) is 56.2 Å². The maximum Gasteiger partial charge on any atom is 0.149 e. The molecule has 2 aromatic heterocycles. The zero-order valence-corrected chi connectivity index (χ0v) is 30.9. The van der Waals surface area contributed by atoms with E-state index in [-0.39, 0.29) is 11.2 Å². The first-order valence-corrected chi connectivity index (χ1v) is 18.0. The van der Waals surface area contributed by atoms with Gasteiger partial charge in [-0.2, -0.15) is 0 Å². The molecule has 0 saturated heterocycles. The summed E-state index contributed by atoms with van der Waals surface area (Å²) in [6, 6.07) is 42.6. The van der Waals surface area contributed by atoms with Crippen LogP contribution in [0, 0.1) is 27.7 Å². The van der Waals surface area contributed by atoms with Gasteiger partial charge in [0.05, 0.1) is 27.8 Å². The van der Waals surface area contributed by atoms with E-state index < -0.39 is 0 Å². The standard InChI is InChI=1S/C48H43N3O/c1-29-25-31(3)46(32(4)26-29)51-41-15-9-14-39(36-11-8-12-37(27-36)43-30(2)16-17-34-13-10-24-49-44(34)43)45(41)50-47(51)40-28-35(20-23-42(40)52)33-18-21-38(22-19-33)48(5,6)7/h8-28,52H,1-7H3. The molecule has 0 aliphatic carbocycles. The fraction of sp³-hybridized carbons (Fsp3) is 0.167. The zero-order chi connectivity index (χ0) is 36.3. The van der Waals surface area contributed by atoms with Crippen LogP contribution in [-0.2, 0) is 5.41 Å². The highest BCUT2D eigenvalue weighted by molar-refractivity contribution is 5.99. The lowest BCUT2D eigenvalue weighted by Crippen LogP contribution is -2.10. The van der Waals surface area contributed by atoms with Gasteiger partial charge in [0.15, 0.2) is 0 Å². The molecular weight excluding hydrogens is 635 g/mol. The van der Waals surface area contributed by atoms with Gasteiger partial charge in [-0.1, -0.05) is 117 Å². The summed E-state index contributed by atoms with van der Waals surface area (Å²) in [7, 11) is 0. The minimum absolute atomic E-state index is 0.0646. The van der Waals surface area contributed by atoms with Crippen LogP contribution in [0.1, 0.15) is 48.6 Å². The Morgan fingerprint density at radius 2 is 1.29 bits per heavy atom. The quantitative estimate of drug-likeness (QED) is 0.197. The van der Waals surface area contributed by atoms with Gasteiger partial charge < -0.3 is 5.11 Å². The Hall–Kier alpha value is -6.00. The van der Waals surface area contributed by atoms with E-state index in [2.05, 4.69) is 156 Å². The molecule has 52 heavy (non-hydrogen) atoms. The molecule has 0 aliphatic heterocycles. The number of aromatic nitrogens is 3. The molecule has 256 valence electrons. The number of aromatic hydroxyl groups is 1. The van der Waals surface area contributed by atoms with Crippen molar-refractivity contribution in [1.82, 2.24) is 14.5 Å². The van der Waals surface area contributed by atoms with Crippen LogP contribution in [0.15, 0.2) is 128 Å². The van der Waals surface area contributed by atoms with E-state index >= 15 is 0 Å². The van der Waals surface area contributed by atoms with Crippen molar-refractivity contribution in [3.63, 3.8) is 0 Å². The molecule has 1 N–H and O–H groups in total. The van der Waals surface area contributed by atoms with Crippen molar-refractivity contribution in [1.29, 1.82) is 0 Å². The smallest absolute Gasteiger partial charge is 0.149 e. The Labute approximate surface area is 306 Å². The first kappa shape index (κ1) is 33.2. The first-order chi connectivity index (χ1) is 25.0. The molecule has 0 spiro atoms. The molecule has 0 atom stereocenters. The maximum atomic E-state index is 11.6. The molecule has 2 heterocycles. The second-order valence-electron chi connectivity index (χ2n) is 15.2. The maximum absolute atomic E-state index is 11.6. The third-order valence-corrected chi connectivity index (χ3v) is 10.3. The van der Waals surface area contributed by atoms with Crippen molar-refractivity contribution >= 4 is 21.9 Å². The molecule has 0 bridgehead atoms. The SMILES string of the molecule is Cc1cc(C)c(-n2c(-c3cc(-c4ccc(C(C)(C)C)cc4)ccc3O)nc3c(-c4cccc(-c5c(C)ccc6cccnc56)c4)cccc32)c(C)c1. The Bertz CT molecular complexity index is 2630. The number of para-hydroxylation sites is 1. The molecule has 8 rings (SSSR count). The van der Waals surface area contributed by atoms with Crippen molar-refractivity contribution in [2.24, 2.45) is 0 Å². The molecule has 6 aromatic carbocycles. The van der Waals surface area contributed by atoms with E-state index in [1.165, 1.54) is 16.7 Å². The molecule has 0 unspecified atom stereocenters. The molecule has 0 radical (unpaired) electrons. The number of hydrogen-bond acceptors (Lipinski definition) is 3. The number of pyridine rings is 1. The lowest BCUT2D eigenvalue weighted by atomic mass is 9.86. The number of imidazole rings is 1. The number of benzene rings is 6. The number of phenols is 1. The topological polar surface area (TPSA) is 50.9 Å². The van der Waals surface area contributed by atoms with E-state index in [1.54, 1.807) is 6.07 Å². The molecule has 0 fully saturated rings. The van der Waals surface area contributed by atoms with Crippen molar-refractivity contribution < 1.29 is 5.11 Å². The predicted octanol–water partition coefficient (Wildman–Crippen LogP) is 12.5. The summed E-state index contributed by atoms with van der Waals surface area (Å²) in [6.07, 6.45) is 1.87. The lowest BCUT2D eigenvalue weighted by molar-refractivity contribution is 0.477. The Morgan fingerprint density at radius 1 is 0.577 bits per heavy atom. The summed E-state index contributed by atoms with van der Waals surface area (Å²) in [5.41, 5.74) is 17.1. The van der Waals surface area contributed by atoms with Gasteiger partial charge >= 0.3 is 0 Å². The number of aryl methyl sites for hydroxylation is 4. The zero-order valence-electron chi connectivity index (χ0n) is 30.9. The first-order valence-electron chi connectivity index (χ1n) is 18.0. The fourth-order valence-corrected chi connectivity index (χ4v) is 7.77. The van der Waals surface area contributed by atoms with Crippen molar-refractivity contribution in [2.45, 2.75) is 53.9 Å². The van der Waals surface area contributed by atoms with Gasteiger partial charge in [0.1, 0.15) is 11.6 Å². The Kier molecular flexibility index (Phi) is 8.06. The minimum Gasteiger partial charge on any atom is -0.507 e. The highest BCUT2D eigenvalue weighted by Crippen LogP contribution is 2.41. The van der Waals surface area contributed by atoms with Crippen molar-refractivity contribution in [2.75, 3.05) is 0 Å².